The average Bonchev–Trinajstić information content (AvgIpc) is 2.98. The summed E-state index contributed by atoms with van der Waals surface area (Å²) in [5.74, 6) is -1.46. The van der Waals surface area contributed by atoms with Crippen molar-refractivity contribution in [2.45, 2.75) is 32.4 Å². The molecule has 2 fully saturated rings. The Morgan fingerprint density at radius 3 is 2.63 bits per heavy atom. The van der Waals surface area contributed by atoms with Gasteiger partial charge in [0.15, 0.2) is 0 Å². The van der Waals surface area contributed by atoms with Gasteiger partial charge in [-0.05, 0) is 19.3 Å². The molecule has 0 aromatic carbocycles. The topological polar surface area (TPSA) is 76.1 Å². The first-order chi connectivity index (χ1) is 9.06. The number of hydrogen-bond donors (Lipinski definition) is 1. The van der Waals surface area contributed by atoms with E-state index in [0.717, 1.165) is 6.42 Å². The van der Waals surface area contributed by atoms with E-state index in [1.54, 1.807) is 4.90 Å². The quantitative estimate of drug-likeness (QED) is 0.799. The Labute approximate surface area is 112 Å². The molecule has 108 valence electrons. The van der Waals surface area contributed by atoms with E-state index in [2.05, 4.69) is 0 Å². The van der Waals surface area contributed by atoms with Crippen molar-refractivity contribution in [3.63, 3.8) is 0 Å². The summed E-state index contributed by atoms with van der Waals surface area (Å²) < 4.78 is 10.7. The van der Waals surface area contributed by atoms with E-state index in [1.165, 1.54) is 0 Å². The maximum Gasteiger partial charge on any atom is 0.311 e. The number of nitrogens with zero attached hydrogens (tertiary/aromatic N) is 1. The molecule has 0 bridgehead atoms. The molecule has 1 N–H and O–H groups in total. The minimum atomic E-state index is -0.908. The third-order valence-electron chi connectivity index (χ3n) is 4.02. The number of amides is 1. The van der Waals surface area contributed by atoms with E-state index < -0.39 is 18.0 Å². The van der Waals surface area contributed by atoms with Gasteiger partial charge in [-0.3, -0.25) is 9.59 Å². The predicted molar refractivity (Wildman–Crippen MR) is 66.6 cm³/mol. The number of carbonyl (C=O) groups excluding carboxylic acids is 1. The van der Waals surface area contributed by atoms with Crippen LogP contribution in [-0.4, -0.2) is 60.4 Å². The van der Waals surface area contributed by atoms with Crippen LogP contribution < -0.4 is 0 Å². The number of rotatable bonds is 4. The Morgan fingerprint density at radius 2 is 2.11 bits per heavy atom. The Bertz CT molecular complexity index is 359. The van der Waals surface area contributed by atoms with E-state index in [-0.39, 0.29) is 31.1 Å². The fraction of sp³-hybridized carbons (Fsp3) is 0.846. The number of aliphatic carboxylic acids is 1. The summed E-state index contributed by atoms with van der Waals surface area (Å²) in [6, 6.07) is -0.383. The third-order valence-corrected chi connectivity index (χ3v) is 4.02. The second kappa shape index (κ2) is 5.88. The van der Waals surface area contributed by atoms with Crippen LogP contribution in [0.25, 0.3) is 0 Å². The minimum Gasteiger partial charge on any atom is -0.481 e. The normalized spacial score (nSPS) is 34.4. The molecule has 0 saturated carbocycles. The van der Waals surface area contributed by atoms with Crippen LogP contribution in [0.1, 0.15) is 20.3 Å². The molecule has 2 aliphatic heterocycles. The Morgan fingerprint density at radius 1 is 1.37 bits per heavy atom. The van der Waals surface area contributed by atoms with Crippen molar-refractivity contribution in [1.82, 2.24) is 4.90 Å². The van der Waals surface area contributed by atoms with E-state index in [9.17, 15) is 14.7 Å². The standard InChI is InChI=1S/C13H21NO5/c1-3-14(10-7-18-6-9(10)13(16)17)12(15)11-8(2)4-5-19-11/h8-11H,3-7H2,1-2H3,(H,16,17). The Balaban J connectivity index is 2.10. The second-order valence-corrected chi connectivity index (χ2v) is 5.23. The Hall–Kier alpha value is -1.14. The van der Waals surface area contributed by atoms with Gasteiger partial charge in [0.1, 0.15) is 12.0 Å². The van der Waals surface area contributed by atoms with Crippen molar-refractivity contribution >= 4 is 11.9 Å². The number of ether oxygens (including phenoxy) is 2. The molecular formula is C13H21NO5. The molecule has 19 heavy (non-hydrogen) atoms. The van der Waals surface area contributed by atoms with Gasteiger partial charge >= 0.3 is 5.97 Å². The van der Waals surface area contributed by atoms with E-state index in [0.29, 0.717) is 13.2 Å². The summed E-state index contributed by atoms with van der Waals surface area (Å²) in [6.45, 7) is 5.38. The van der Waals surface area contributed by atoms with E-state index in [4.69, 9.17) is 9.47 Å². The SMILES string of the molecule is CCN(C(=O)C1OCCC1C)C1COCC1C(=O)O. The van der Waals surface area contributed by atoms with Crippen molar-refractivity contribution in [1.29, 1.82) is 0 Å². The van der Waals surface area contributed by atoms with Gasteiger partial charge in [-0.25, -0.2) is 0 Å². The van der Waals surface area contributed by atoms with Crippen LogP contribution in [0.15, 0.2) is 0 Å². The molecule has 6 heteroatoms. The molecule has 6 nitrogen and oxygen atoms in total. The van der Waals surface area contributed by atoms with Gasteiger partial charge in [-0.1, -0.05) is 6.92 Å². The number of carboxylic acids is 1. The molecule has 0 radical (unpaired) electrons. The molecular weight excluding hydrogens is 250 g/mol. The van der Waals surface area contributed by atoms with Crippen molar-refractivity contribution in [3.05, 3.63) is 0 Å². The van der Waals surface area contributed by atoms with Crippen LogP contribution in [0.2, 0.25) is 0 Å². The van der Waals surface area contributed by atoms with Gasteiger partial charge in [0.25, 0.3) is 5.91 Å². The summed E-state index contributed by atoms with van der Waals surface area (Å²) in [5.41, 5.74) is 0. The Kier molecular flexibility index (Phi) is 4.42. The maximum absolute atomic E-state index is 12.5. The zero-order chi connectivity index (χ0) is 14.0. The summed E-state index contributed by atoms with van der Waals surface area (Å²) in [4.78, 5) is 25.3. The second-order valence-electron chi connectivity index (χ2n) is 5.23. The fourth-order valence-corrected chi connectivity index (χ4v) is 2.81. The average molecular weight is 271 g/mol. The summed E-state index contributed by atoms with van der Waals surface area (Å²) in [5, 5.41) is 9.18. The summed E-state index contributed by atoms with van der Waals surface area (Å²) >= 11 is 0. The highest BCUT2D eigenvalue weighted by Gasteiger charge is 2.43. The molecule has 4 unspecified atom stereocenters. The molecule has 0 spiro atoms. The maximum atomic E-state index is 12.5. The predicted octanol–water partition coefficient (Wildman–Crippen LogP) is 0.360. The van der Waals surface area contributed by atoms with Crippen molar-refractivity contribution in [3.8, 4) is 0 Å². The molecule has 0 aromatic rings. The van der Waals surface area contributed by atoms with E-state index >= 15 is 0 Å². The van der Waals surface area contributed by atoms with Gasteiger partial charge in [0.05, 0.1) is 19.3 Å². The van der Waals surface area contributed by atoms with Gasteiger partial charge in [0.2, 0.25) is 0 Å². The smallest absolute Gasteiger partial charge is 0.311 e. The number of carbonyl (C=O) groups is 2. The highest BCUT2D eigenvalue weighted by Crippen LogP contribution is 2.26. The first-order valence-corrected chi connectivity index (χ1v) is 6.78. The molecule has 0 aromatic heterocycles. The number of likely N-dealkylation sites (N-methyl/N-ethyl adjacent to an activating group) is 1. The lowest BCUT2D eigenvalue weighted by atomic mass is 9.98. The number of carboxylic acid groups (broad SMARTS) is 1. The molecule has 1 amide bonds. The monoisotopic (exact) mass is 271 g/mol. The molecule has 4 atom stereocenters. The summed E-state index contributed by atoms with van der Waals surface area (Å²) in [7, 11) is 0. The van der Waals surface area contributed by atoms with E-state index in [1.807, 2.05) is 13.8 Å². The fourth-order valence-electron chi connectivity index (χ4n) is 2.81. The highest BCUT2D eigenvalue weighted by atomic mass is 16.5. The van der Waals surface area contributed by atoms with Crippen molar-refractivity contribution in [2.75, 3.05) is 26.4 Å². The summed E-state index contributed by atoms with van der Waals surface area (Å²) in [6.07, 6.45) is 0.437. The highest BCUT2D eigenvalue weighted by molar-refractivity contribution is 5.83. The van der Waals surface area contributed by atoms with Gasteiger partial charge in [-0.15, -0.1) is 0 Å². The first kappa shape index (κ1) is 14.3. The lowest BCUT2D eigenvalue weighted by molar-refractivity contribution is -0.149. The number of hydrogen-bond acceptors (Lipinski definition) is 4. The molecule has 2 rings (SSSR count). The minimum absolute atomic E-state index is 0.103. The van der Waals surface area contributed by atoms with Gasteiger partial charge in [-0.2, -0.15) is 0 Å². The van der Waals surface area contributed by atoms with Crippen molar-refractivity contribution < 1.29 is 24.2 Å². The largest absolute Gasteiger partial charge is 0.481 e. The molecule has 2 aliphatic rings. The first-order valence-electron chi connectivity index (χ1n) is 6.78. The zero-order valence-corrected chi connectivity index (χ0v) is 11.4. The van der Waals surface area contributed by atoms with Gasteiger partial charge < -0.3 is 19.5 Å². The van der Waals surface area contributed by atoms with Crippen LogP contribution >= 0.6 is 0 Å². The molecule has 2 heterocycles. The van der Waals surface area contributed by atoms with Crippen LogP contribution in [0.4, 0.5) is 0 Å². The molecule has 0 aliphatic carbocycles. The third kappa shape index (κ3) is 2.74. The van der Waals surface area contributed by atoms with Gasteiger partial charge in [0, 0.05) is 13.2 Å². The van der Waals surface area contributed by atoms with Crippen LogP contribution in [0.3, 0.4) is 0 Å². The lowest BCUT2D eigenvalue weighted by Gasteiger charge is -2.32. The van der Waals surface area contributed by atoms with Crippen LogP contribution in [0.5, 0.6) is 0 Å². The van der Waals surface area contributed by atoms with Crippen LogP contribution in [-0.2, 0) is 19.1 Å². The zero-order valence-electron chi connectivity index (χ0n) is 11.4. The lowest BCUT2D eigenvalue weighted by Crippen LogP contribution is -2.51. The van der Waals surface area contributed by atoms with Crippen molar-refractivity contribution in [2.24, 2.45) is 11.8 Å². The van der Waals surface area contributed by atoms with Crippen LogP contribution in [0, 0.1) is 11.8 Å². The molecule has 2 saturated heterocycles.